The summed E-state index contributed by atoms with van der Waals surface area (Å²) in [4.78, 5) is 0. The van der Waals surface area contributed by atoms with Crippen LogP contribution in [0.3, 0.4) is 0 Å². The first-order valence-corrected chi connectivity index (χ1v) is 6.20. The zero-order valence-corrected chi connectivity index (χ0v) is 10.6. The van der Waals surface area contributed by atoms with E-state index in [4.69, 9.17) is 0 Å². The topological polar surface area (TPSA) is 0 Å². The normalized spacial score (nSPS) is 13.1. The van der Waals surface area contributed by atoms with Gasteiger partial charge in [0.1, 0.15) is 0 Å². The molecular formula is C15H24. The highest BCUT2D eigenvalue weighted by Crippen LogP contribution is 2.26. The van der Waals surface area contributed by atoms with Gasteiger partial charge in [-0.25, -0.2) is 0 Å². The monoisotopic (exact) mass is 204 g/mol. The van der Waals surface area contributed by atoms with E-state index in [2.05, 4.69) is 52.0 Å². The predicted molar refractivity (Wildman–Crippen MR) is 68.3 cm³/mol. The van der Waals surface area contributed by atoms with Gasteiger partial charge >= 0.3 is 0 Å². The van der Waals surface area contributed by atoms with Gasteiger partial charge in [0.25, 0.3) is 0 Å². The lowest BCUT2D eigenvalue weighted by molar-refractivity contribution is 0.492. The summed E-state index contributed by atoms with van der Waals surface area (Å²) in [5.41, 5.74) is 2.88. The van der Waals surface area contributed by atoms with Crippen molar-refractivity contribution in [3.8, 4) is 0 Å². The Kier molecular flexibility index (Phi) is 4.87. The average Bonchev–Trinajstić information content (AvgIpc) is 2.21. The van der Waals surface area contributed by atoms with Crippen LogP contribution in [0.2, 0.25) is 0 Å². The van der Waals surface area contributed by atoms with E-state index in [0.29, 0.717) is 0 Å². The first-order chi connectivity index (χ1) is 7.13. The van der Waals surface area contributed by atoms with Crippen LogP contribution in [0.1, 0.15) is 57.1 Å². The van der Waals surface area contributed by atoms with Gasteiger partial charge < -0.3 is 0 Å². The molecule has 0 fully saturated rings. The van der Waals surface area contributed by atoms with Crippen molar-refractivity contribution in [3.05, 3.63) is 35.4 Å². The Morgan fingerprint density at radius 1 is 1.00 bits per heavy atom. The second-order valence-electron chi connectivity index (χ2n) is 4.99. The molecule has 1 rings (SSSR count). The zero-order valence-electron chi connectivity index (χ0n) is 10.6. The molecule has 0 bridgehead atoms. The molecule has 1 unspecified atom stereocenters. The number of hydrogen-bond donors (Lipinski definition) is 0. The molecule has 0 aliphatic heterocycles. The van der Waals surface area contributed by atoms with Crippen LogP contribution >= 0.6 is 0 Å². The molecule has 0 nitrogen and oxygen atoms in total. The van der Waals surface area contributed by atoms with Crippen molar-refractivity contribution < 1.29 is 0 Å². The van der Waals surface area contributed by atoms with E-state index in [9.17, 15) is 0 Å². The highest BCUT2D eigenvalue weighted by Gasteiger charge is 2.09. The Morgan fingerprint density at radius 2 is 1.60 bits per heavy atom. The molecule has 84 valence electrons. The number of hydrogen-bond acceptors (Lipinski definition) is 0. The third-order valence-electron chi connectivity index (χ3n) is 3.13. The van der Waals surface area contributed by atoms with Crippen LogP contribution in [0.25, 0.3) is 0 Å². The molecule has 0 spiro atoms. The van der Waals surface area contributed by atoms with Crippen LogP contribution in [0.5, 0.6) is 0 Å². The van der Waals surface area contributed by atoms with E-state index < -0.39 is 0 Å². The standard InChI is InChI=1S/C15H24/c1-5-14(9-6-12(2)3)15-10-7-13(4)8-11-15/h7-8,10-12,14H,5-6,9H2,1-4H3. The van der Waals surface area contributed by atoms with Gasteiger partial charge in [0.2, 0.25) is 0 Å². The summed E-state index contributed by atoms with van der Waals surface area (Å²) in [5, 5.41) is 0. The van der Waals surface area contributed by atoms with Crippen LogP contribution in [0.15, 0.2) is 24.3 Å². The van der Waals surface area contributed by atoms with E-state index in [1.165, 1.54) is 30.4 Å². The molecule has 0 saturated heterocycles. The van der Waals surface area contributed by atoms with Crippen molar-refractivity contribution in [1.29, 1.82) is 0 Å². The van der Waals surface area contributed by atoms with E-state index in [1.54, 1.807) is 0 Å². The predicted octanol–water partition coefficient (Wildman–Crippen LogP) is 4.92. The summed E-state index contributed by atoms with van der Waals surface area (Å²) in [7, 11) is 0. The lowest BCUT2D eigenvalue weighted by Gasteiger charge is -2.16. The SMILES string of the molecule is CCC(CCC(C)C)c1ccc(C)cc1. The second-order valence-corrected chi connectivity index (χ2v) is 4.99. The van der Waals surface area contributed by atoms with Gasteiger partial charge in [0.15, 0.2) is 0 Å². The van der Waals surface area contributed by atoms with Crippen molar-refractivity contribution >= 4 is 0 Å². The Morgan fingerprint density at radius 3 is 2.07 bits per heavy atom. The van der Waals surface area contributed by atoms with Crippen molar-refractivity contribution in [3.63, 3.8) is 0 Å². The van der Waals surface area contributed by atoms with E-state index in [1.807, 2.05) is 0 Å². The molecule has 0 N–H and O–H groups in total. The molecule has 0 radical (unpaired) electrons. The summed E-state index contributed by atoms with van der Waals surface area (Å²) in [6, 6.07) is 9.05. The summed E-state index contributed by atoms with van der Waals surface area (Å²) in [5.74, 6) is 1.58. The van der Waals surface area contributed by atoms with Gasteiger partial charge in [-0.05, 0) is 37.2 Å². The maximum Gasteiger partial charge on any atom is -0.0164 e. The van der Waals surface area contributed by atoms with Crippen molar-refractivity contribution in [1.82, 2.24) is 0 Å². The molecule has 0 aliphatic carbocycles. The number of rotatable bonds is 5. The highest BCUT2D eigenvalue weighted by molar-refractivity contribution is 5.24. The summed E-state index contributed by atoms with van der Waals surface area (Å²) < 4.78 is 0. The fraction of sp³-hybridized carbons (Fsp3) is 0.600. The molecule has 0 saturated carbocycles. The van der Waals surface area contributed by atoms with Crippen LogP contribution in [0.4, 0.5) is 0 Å². The largest absolute Gasteiger partial charge is 0.0648 e. The first-order valence-electron chi connectivity index (χ1n) is 6.20. The lowest BCUT2D eigenvalue weighted by atomic mass is 9.89. The average molecular weight is 204 g/mol. The fourth-order valence-electron chi connectivity index (χ4n) is 1.98. The molecular weight excluding hydrogens is 180 g/mol. The summed E-state index contributed by atoms with van der Waals surface area (Å²) in [6.45, 7) is 9.06. The van der Waals surface area contributed by atoms with Crippen LogP contribution < -0.4 is 0 Å². The maximum absolute atomic E-state index is 2.31. The lowest BCUT2D eigenvalue weighted by Crippen LogP contribution is -2.00. The smallest absolute Gasteiger partial charge is 0.0164 e. The van der Waals surface area contributed by atoms with Crippen molar-refractivity contribution in [2.24, 2.45) is 5.92 Å². The molecule has 1 aromatic carbocycles. The van der Waals surface area contributed by atoms with Gasteiger partial charge in [0, 0.05) is 0 Å². The van der Waals surface area contributed by atoms with Gasteiger partial charge in [-0.2, -0.15) is 0 Å². The van der Waals surface area contributed by atoms with Crippen LogP contribution in [-0.2, 0) is 0 Å². The first kappa shape index (κ1) is 12.3. The highest BCUT2D eigenvalue weighted by atomic mass is 14.1. The summed E-state index contributed by atoms with van der Waals surface area (Å²) in [6.07, 6.45) is 3.93. The molecule has 1 aromatic rings. The van der Waals surface area contributed by atoms with Gasteiger partial charge in [-0.15, -0.1) is 0 Å². The van der Waals surface area contributed by atoms with E-state index >= 15 is 0 Å². The third-order valence-corrected chi connectivity index (χ3v) is 3.13. The molecule has 0 heteroatoms. The summed E-state index contributed by atoms with van der Waals surface area (Å²) >= 11 is 0. The minimum atomic E-state index is 0.757. The van der Waals surface area contributed by atoms with Gasteiger partial charge in [0.05, 0.1) is 0 Å². The molecule has 0 heterocycles. The van der Waals surface area contributed by atoms with E-state index in [-0.39, 0.29) is 0 Å². The minimum Gasteiger partial charge on any atom is -0.0648 e. The van der Waals surface area contributed by atoms with Crippen molar-refractivity contribution in [2.45, 2.75) is 52.9 Å². The van der Waals surface area contributed by atoms with Crippen LogP contribution in [0, 0.1) is 12.8 Å². The second kappa shape index (κ2) is 5.95. The zero-order chi connectivity index (χ0) is 11.3. The van der Waals surface area contributed by atoms with Crippen LogP contribution in [-0.4, -0.2) is 0 Å². The quantitative estimate of drug-likeness (QED) is 0.638. The van der Waals surface area contributed by atoms with E-state index in [0.717, 1.165) is 11.8 Å². The Balaban J connectivity index is 2.61. The maximum atomic E-state index is 2.31. The van der Waals surface area contributed by atoms with Crippen molar-refractivity contribution in [2.75, 3.05) is 0 Å². The molecule has 1 atom stereocenters. The van der Waals surface area contributed by atoms with Gasteiger partial charge in [-0.1, -0.05) is 57.0 Å². The minimum absolute atomic E-state index is 0.757. The Hall–Kier alpha value is -0.780. The molecule has 0 amide bonds. The Labute approximate surface area is 94.7 Å². The Bertz CT molecular complexity index is 269. The molecule has 15 heavy (non-hydrogen) atoms. The third kappa shape index (κ3) is 4.07. The molecule has 0 aromatic heterocycles. The number of aryl methyl sites for hydroxylation is 1. The number of benzene rings is 1. The van der Waals surface area contributed by atoms with Gasteiger partial charge in [-0.3, -0.25) is 0 Å². The fourth-order valence-corrected chi connectivity index (χ4v) is 1.98. The molecule has 0 aliphatic rings.